The molecule has 0 aromatic rings. The molecule has 1 rings (SSSR count). The third kappa shape index (κ3) is 3.40. The number of thioether (sulfide) groups is 1. The fourth-order valence-electron chi connectivity index (χ4n) is 2.91. The molecule has 0 N–H and O–H groups in total. The standard InChI is InChI=1S/C14H29NS/c1-11-12(13(2,3)4)15(14(5,6)7)9-8-10-16-11/h11-12H,8-10H2,1-7H3/t11?,12-/m0/s1. The van der Waals surface area contributed by atoms with Crippen molar-refractivity contribution < 1.29 is 0 Å². The SMILES string of the molecule is CC1SCCCN(C(C)(C)C)[C@@H]1C(C)(C)C. The van der Waals surface area contributed by atoms with Crippen LogP contribution in [-0.4, -0.2) is 34.0 Å². The molecule has 0 saturated carbocycles. The van der Waals surface area contributed by atoms with E-state index < -0.39 is 0 Å². The Morgan fingerprint density at radius 1 is 1.06 bits per heavy atom. The van der Waals surface area contributed by atoms with Crippen LogP contribution in [0, 0.1) is 5.41 Å². The molecule has 0 bridgehead atoms. The lowest BCUT2D eigenvalue weighted by atomic mass is 9.81. The monoisotopic (exact) mass is 243 g/mol. The molecule has 0 spiro atoms. The Hall–Kier alpha value is 0.310. The zero-order chi connectivity index (χ0) is 12.6. The molecule has 16 heavy (non-hydrogen) atoms. The van der Waals surface area contributed by atoms with Gasteiger partial charge in [-0.05, 0) is 44.9 Å². The van der Waals surface area contributed by atoms with Crippen LogP contribution in [0.4, 0.5) is 0 Å². The smallest absolute Gasteiger partial charge is 0.0265 e. The summed E-state index contributed by atoms with van der Waals surface area (Å²) >= 11 is 2.15. The molecular formula is C14H29NS. The van der Waals surface area contributed by atoms with Gasteiger partial charge in [0.25, 0.3) is 0 Å². The minimum Gasteiger partial charge on any atom is -0.294 e. The first-order chi connectivity index (χ1) is 7.14. The minimum atomic E-state index is 0.289. The first-order valence-corrected chi connectivity index (χ1v) is 7.57. The van der Waals surface area contributed by atoms with E-state index in [0.717, 1.165) is 5.25 Å². The minimum absolute atomic E-state index is 0.289. The summed E-state index contributed by atoms with van der Waals surface area (Å²) in [5.41, 5.74) is 0.654. The Balaban J connectivity index is 3.00. The molecule has 1 aliphatic rings. The van der Waals surface area contributed by atoms with Crippen LogP contribution in [0.15, 0.2) is 0 Å². The quantitative estimate of drug-likeness (QED) is 0.632. The molecule has 0 aromatic heterocycles. The fourth-order valence-corrected chi connectivity index (χ4v) is 4.32. The Morgan fingerprint density at radius 3 is 2.06 bits per heavy atom. The summed E-state index contributed by atoms with van der Waals surface area (Å²) in [6.07, 6.45) is 1.33. The van der Waals surface area contributed by atoms with Gasteiger partial charge in [0, 0.05) is 16.8 Å². The second-order valence-corrected chi connectivity index (χ2v) is 8.59. The van der Waals surface area contributed by atoms with Crippen molar-refractivity contribution >= 4 is 11.8 Å². The summed E-state index contributed by atoms with van der Waals surface area (Å²) in [7, 11) is 0. The van der Waals surface area contributed by atoms with Crippen LogP contribution >= 0.6 is 11.8 Å². The van der Waals surface area contributed by atoms with Crippen molar-refractivity contribution in [2.75, 3.05) is 12.3 Å². The third-order valence-electron chi connectivity index (χ3n) is 3.45. The molecule has 2 heteroatoms. The molecule has 1 fully saturated rings. The van der Waals surface area contributed by atoms with E-state index in [1.54, 1.807) is 0 Å². The summed E-state index contributed by atoms with van der Waals surface area (Å²) in [5, 5.41) is 0.738. The van der Waals surface area contributed by atoms with Crippen LogP contribution in [0.3, 0.4) is 0 Å². The summed E-state index contributed by atoms with van der Waals surface area (Å²) < 4.78 is 0. The van der Waals surface area contributed by atoms with E-state index in [2.05, 4.69) is 65.1 Å². The molecule has 1 aliphatic heterocycles. The molecule has 1 nitrogen and oxygen atoms in total. The highest BCUT2D eigenvalue weighted by Gasteiger charge is 2.40. The molecular weight excluding hydrogens is 214 g/mol. The summed E-state index contributed by atoms with van der Waals surface area (Å²) in [6.45, 7) is 17.9. The van der Waals surface area contributed by atoms with Gasteiger partial charge in [0.15, 0.2) is 0 Å². The van der Waals surface area contributed by atoms with Crippen molar-refractivity contribution in [2.45, 2.75) is 71.7 Å². The predicted octanol–water partition coefficient (Wildman–Crippen LogP) is 4.03. The molecule has 2 atom stereocenters. The maximum atomic E-state index is 2.73. The van der Waals surface area contributed by atoms with Crippen molar-refractivity contribution in [3.05, 3.63) is 0 Å². The number of hydrogen-bond donors (Lipinski definition) is 0. The first kappa shape index (κ1) is 14.4. The van der Waals surface area contributed by atoms with Crippen LogP contribution in [0.25, 0.3) is 0 Å². The van der Waals surface area contributed by atoms with Gasteiger partial charge in [0.05, 0.1) is 0 Å². The molecule has 0 amide bonds. The van der Waals surface area contributed by atoms with E-state index in [9.17, 15) is 0 Å². The summed E-state index contributed by atoms with van der Waals surface area (Å²) in [6, 6.07) is 0.681. The lowest BCUT2D eigenvalue weighted by Gasteiger charge is -2.48. The Morgan fingerprint density at radius 2 is 1.62 bits per heavy atom. The first-order valence-electron chi connectivity index (χ1n) is 6.52. The van der Waals surface area contributed by atoms with E-state index >= 15 is 0 Å². The van der Waals surface area contributed by atoms with Gasteiger partial charge in [-0.25, -0.2) is 0 Å². The highest BCUT2D eigenvalue weighted by atomic mass is 32.2. The van der Waals surface area contributed by atoms with Gasteiger partial charge in [-0.3, -0.25) is 4.90 Å². The van der Waals surface area contributed by atoms with Gasteiger partial charge in [-0.2, -0.15) is 11.8 Å². The zero-order valence-electron chi connectivity index (χ0n) is 12.1. The van der Waals surface area contributed by atoms with Crippen LogP contribution in [0.2, 0.25) is 0 Å². The Kier molecular flexibility index (Phi) is 4.40. The van der Waals surface area contributed by atoms with Gasteiger partial charge in [-0.15, -0.1) is 0 Å². The Bertz CT molecular complexity index is 224. The van der Waals surface area contributed by atoms with Crippen LogP contribution in [0.1, 0.15) is 54.9 Å². The van der Waals surface area contributed by atoms with E-state index in [-0.39, 0.29) is 5.54 Å². The third-order valence-corrected chi connectivity index (χ3v) is 4.76. The van der Waals surface area contributed by atoms with Gasteiger partial charge < -0.3 is 0 Å². The number of hydrogen-bond acceptors (Lipinski definition) is 2. The van der Waals surface area contributed by atoms with E-state index in [0.29, 0.717) is 11.5 Å². The number of rotatable bonds is 0. The highest BCUT2D eigenvalue weighted by molar-refractivity contribution is 7.99. The second-order valence-electron chi connectivity index (χ2n) is 7.10. The maximum Gasteiger partial charge on any atom is 0.0265 e. The number of nitrogens with zero attached hydrogens (tertiary/aromatic N) is 1. The highest BCUT2D eigenvalue weighted by Crippen LogP contribution is 2.38. The molecule has 1 heterocycles. The average molecular weight is 243 g/mol. The van der Waals surface area contributed by atoms with Gasteiger partial charge in [0.2, 0.25) is 0 Å². The van der Waals surface area contributed by atoms with Crippen molar-refractivity contribution in [1.82, 2.24) is 4.90 Å². The van der Waals surface area contributed by atoms with Gasteiger partial charge >= 0.3 is 0 Å². The van der Waals surface area contributed by atoms with Crippen LogP contribution < -0.4 is 0 Å². The lowest BCUT2D eigenvalue weighted by Crippen LogP contribution is -2.56. The van der Waals surface area contributed by atoms with Gasteiger partial charge in [-0.1, -0.05) is 27.7 Å². The largest absolute Gasteiger partial charge is 0.294 e. The molecule has 96 valence electrons. The van der Waals surface area contributed by atoms with Crippen molar-refractivity contribution in [3.8, 4) is 0 Å². The maximum absolute atomic E-state index is 2.73. The Labute approximate surface area is 106 Å². The van der Waals surface area contributed by atoms with E-state index in [1.807, 2.05) is 0 Å². The van der Waals surface area contributed by atoms with Crippen molar-refractivity contribution in [3.63, 3.8) is 0 Å². The normalized spacial score (nSPS) is 30.2. The summed E-state index contributed by atoms with van der Waals surface area (Å²) in [5.74, 6) is 1.32. The topological polar surface area (TPSA) is 3.24 Å². The lowest BCUT2D eigenvalue weighted by molar-refractivity contribution is 0.0256. The van der Waals surface area contributed by atoms with Crippen molar-refractivity contribution in [1.29, 1.82) is 0 Å². The van der Waals surface area contributed by atoms with E-state index in [4.69, 9.17) is 0 Å². The molecule has 0 aliphatic carbocycles. The predicted molar refractivity (Wildman–Crippen MR) is 76.2 cm³/mol. The van der Waals surface area contributed by atoms with Gasteiger partial charge in [0.1, 0.15) is 0 Å². The fraction of sp³-hybridized carbons (Fsp3) is 1.00. The zero-order valence-corrected chi connectivity index (χ0v) is 12.9. The molecule has 1 saturated heterocycles. The average Bonchev–Trinajstić information content (AvgIpc) is 2.23. The van der Waals surface area contributed by atoms with Crippen molar-refractivity contribution in [2.24, 2.45) is 5.41 Å². The van der Waals surface area contributed by atoms with Crippen LogP contribution in [0.5, 0.6) is 0 Å². The van der Waals surface area contributed by atoms with Crippen LogP contribution in [-0.2, 0) is 0 Å². The van der Waals surface area contributed by atoms with E-state index in [1.165, 1.54) is 18.7 Å². The molecule has 1 unspecified atom stereocenters. The molecule has 0 radical (unpaired) electrons. The second kappa shape index (κ2) is 4.89. The molecule has 0 aromatic carbocycles. The summed E-state index contributed by atoms with van der Waals surface area (Å²) in [4.78, 5) is 2.73.